The van der Waals surface area contributed by atoms with E-state index in [-0.39, 0.29) is 30.2 Å². The van der Waals surface area contributed by atoms with Crippen LogP contribution in [0.5, 0.6) is 0 Å². The molecule has 0 spiro atoms. The van der Waals surface area contributed by atoms with Crippen LogP contribution in [0.2, 0.25) is 13.1 Å². The third kappa shape index (κ3) is 5.01. The summed E-state index contributed by atoms with van der Waals surface area (Å²) in [5.74, 6) is 0.399. The normalized spacial score (nSPS) is 13.1. The summed E-state index contributed by atoms with van der Waals surface area (Å²) in [5, 5.41) is 0. The van der Waals surface area contributed by atoms with Crippen LogP contribution in [0.4, 0.5) is 0 Å². The molecule has 0 radical (unpaired) electrons. The number of hydrogen-bond acceptors (Lipinski definition) is 0. The molecule has 2 aliphatic rings. The second-order valence-corrected chi connectivity index (χ2v) is 17.0. The van der Waals surface area contributed by atoms with Gasteiger partial charge in [-0.3, -0.25) is 0 Å². The van der Waals surface area contributed by atoms with Gasteiger partial charge in [0.15, 0.2) is 0 Å². The zero-order valence-corrected chi connectivity index (χ0v) is 22.5. The van der Waals surface area contributed by atoms with Gasteiger partial charge in [0.05, 0.1) is 0 Å². The Kier molecular flexibility index (Phi) is 9.68. The maximum atomic E-state index is 3.77. The van der Waals surface area contributed by atoms with E-state index in [1.54, 1.807) is 23.3 Å². The number of halogens is 2. The van der Waals surface area contributed by atoms with Crippen LogP contribution in [-0.4, -0.2) is 5.43 Å². The van der Waals surface area contributed by atoms with Crippen LogP contribution in [0, 0.1) is 33.8 Å². The number of fused-ring (bicyclic) bond motifs is 3. The van der Waals surface area contributed by atoms with Gasteiger partial charge in [-0.15, -0.1) is 22.3 Å². The van der Waals surface area contributed by atoms with E-state index in [9.17, 15) is 0 Å². The molecule has 146 valence electrons. The van der Waals surface area contributed by atoms with E-state index in [0.717, 1.165) is 6.42 Å². The Morgan fingerprint density at radius 2 is 1.46 bits per heavy atom. The largest absolute Gasteiger partial charge is 1.00 e. The summed E-state index contributed by atoms with van der Waals surface area (Å²) in [4.78, 5) is 0. The third-order valence-corrected chi connectivity index (χ3v) is 5.45. The molecule has 0 amide bonds. The molecule has 0 nitrogen and oxygen atoms in total. The van der Waals surface area contributed by atoms with Crippen LogP contribution >= 0.6 is 0 Å². The van der Waals surface area contributed by atoms with Gasteiger partial charge in [0, 0.05) is 0 Å². The first-order valence-electron chi connectivity index (χ1n) is 9.32. The maximum absolute atomic E-state index is 3.77. The summed E-state index contributed by atoms with van der Waals surface area (Å²) >= 11 is 1.74. The molecular weight excluding hydrogens is 478 g/mol. The SMILES string of the molecule is C[Si](C)=[Zr+2].Cc1ccc2c(c1C)-c1c([c-]c(C3C=CC=C3)c(C)c1C)C2.[Cl-].[Cl-]. The van der Waals surface area contributed by atoms with Crippen LogP contribution in [0.15, 0.2) is 36.4 Å². The Morgan fingerprint density at radius 1 is 0.893 bits per heavy atom. The van der Waals surface area contributed by atoms with Gasteiger partial charge in [-0.1, -0.05) is 61.4 Å². The van der Waals surface area contributed by atoms with Gasteiger partial charge in [-0.25, -0.2) is 0 Å². The van der Waals surface area contributed by atoms with Crippen LogP contribution in [0.1, 0.15) is 44.9 Å². The Morgan fingerprint density at radius 3 is 2.04 bits per heavy atom. The summed E-state index contributed by atoms with van der Waals surface area (Å²) in [7, 11) is 0. The summed E-state index contributed by atoms with van der Waals surface area (Å²) in [5.41, 5.74) is 13.0. The predicted molar refractivity (Wildman–Crippen MR) is 111 cm³/mol. The molecule has 2 aliphatic carbocycles. The van der Waals surface area contributed by atoms with Crippen molar-refractivity contribution < 1.29 is 48.1 Å². The molecule has 0 atom stereocenters. The van der Waals surface area contributed by atoms with Crippen molar-refractivity contribution in [2.45, 2.75) is 53.1 Å². The quantitative estimate of drug-likeness (QED) is 0.330. The minimum absolute atomic E-state index is 0. The van der Waals surface area contributed by atoms with Gasteiger partial charge >= 0.3 is 41.9 Å². The molecule has 0 fully saturated rings. The molecule has 4 rings (SSSR count). The molecule has 2 aromatic carbocycles. The minimum atomic E-state index is 0. The van der Waals surface area contributed by atoms with Crippen LogP contribution in [0.3, 0.4) is 0 Å². The van der Waals surface area contributed by atoms with E-state index in [4.69, 9.17) is 0 Å². The predicted octanol–water partition coefficient (Wildman–Crippen LogP) is 0.294. The Bertz CT molecular complexity index is 942. The standard InChI is InChI=1S/C22H21.C2H6Si.2ClH.Zr/c1-13-9-10-18-11-19-12-20(17-7-5-6-8-17)15(3)16(4)22(19)21(18)14(13)2;1-3-2;;;/h5-10,17H,11H2,1-4H3;1-2H3;2*1H;/q-1;;;;+2/p-2. The van der Waals surface area contributed by atoms with E-state index in [2.05, 4.69) is 83.3 Å². The maximum Gasteiger partial charge on any atom is -0.00191 e. The fraction of sp³-hybridized carbons (Fsp3) is 0.333. The number of hydrogen-bond donors (Lipinski definition) is 0. The van der Waals surface area contributed by atoms with Crippen molar-refractivity contribution in [2.24, 2.45) is 0 Å². The monoisotopic (exact) mass is 503 g/mol. The fourth-order valence-electron chi connectivity index (χ4n) is 3.92. The van der Waals surface area contributed by atoms with Crippen molar-refractivity contribution >= 4 is 5.43 Å². The number of benzene rings is 2. The molecule has 0 saturated heterocycles. The van der Waals surface area contributed by atoms with Gasteiger partial charge in [0.2, 0.25) is 0 Å². The fourth-order valence-corrected chi connectivity index (χ4v) is 3.92. The summed E-state index contributed by atoms with van der Waals surface area (Å²) in [6.07, 6.45) is 9.84. The number of aryl methyl sites for hydroxylation is 1. The van der Waals surface area contributed by atoms with Gasteiger partial charge in [-0.05, 0) is 37.3 Å². The second-order valence-electron chi connectivity index (χ2n) is 7.66. The smallest absolute Gasteiger partial charge is 0.00191 e. The average molecular weight is 506 g/mol. The molecule has 0 aromatic heterocycles. The Labute approximate surface area is 198 Å². The van der Waals surface area contributed by atoms with Gasteiger partial charge < -0.3 is 24.8 Å². The van der Waals surface area contributed by atoms with Crippen molar-refractivity contribution in [3.8, 4) is 11.1 Å². The topological polar surface area (TPSA) is 0 Å². The molecule has 4 heteroatoms. The zero-order chi connectivity index (χ0) is 19.0. The summed E-state index contributed by atoms with van der Waals surface area (Å²) < 4.78 is 0. The molecule has 0 unspecified atom stereocenters. The number of allylic oxidation sites excluding steroid dienone is 4. The summed E-state index contributed by atoms with van der Waals surface area (Å²) in [6, 6.07) is 8.32. The summed E-state index contributed by atoms with van der Waals surface area (Å²) in [6.45, 7) is 13.6. The zero-order valence-electron chi connectivity index (χ0n) is 17.5. The first-order valence-corrected chi connectivity index (χ1v) is 15.5. The van der Waals surface area contributed by atoms with Gasteiger partial charge in [0.25, 0.3) is 0 Å². The van der Waals surface area contributed by atoms with E-state index in [1.807, 2.05) is 0 Å². The minimum Gasteiger partial charge on any atom is -1.00 e. The van der Waals surface area contributed by atoms with E-state index in [1.165, 1.54) is 50.1 Å². The van der Waals surface area contributed by atoms with Crippen molar-refractivity contribution in [2.75, 3.05) is 0 Å². The third-order valence-electron chi connectivity index (χ3n) is 5.45. The number of rotatable bonds is 1. The molecular formula is C24H27Cl2SiZr-. The van der Waals surface area contributed by atoms with E-state index in [0.29, 0.717) is 5.92 Å². The average Bonchev–Trinajstić information content (AvgIpc) is 3.21. The molecule has 0 N–H and O–H groups in total. The molecule has 0 heterocycles. The van der Waals surface area contributed by atoms with Crippen molar-refractivity contribution in [1.29, 1.82) is 0 Å². The van der Waals surface area contributed by atoms with Crippen LogP contribution in [0.25, 0.3) is 11.1 Å². The van der Waals surface area contributed by atoms with E-state index >= 15 is 0 Å². The van der Waals surface area contributed by atoms with Gasteiger partial charge in [-0.2, -0.15) is 11.6 Å². The first kappa shape index (κ1) is 25.6. The second kappa shape index (κ2) is 10.6. The van der Waals surface area contributed by atoms with Crippen LogP contribution < -0.4 is 24.8 Å². The van der Waals surface area contributed by atoms with Crippen LogP contribution in [-0.2, 0) is 29.8 Å². The molecule has 2 aromatic rings. The Hall–Kier alpha value is -0.400. The molecule has 0 saturated carbocycles. The molecule has 28 heavy (non-hydrogen) atoms. The van der Waals surface area contributed by atoms with Crippen molar-refractivity contribution in [3.05, 3.63) is 81.4 Å². The van der Waals surface area contributed by atoms with Crippen molar-refractivity contribution in [3.63, 3.8) is 0 Å². The molecule has 0 aliphatic heterocycles. The molecule has 0 bridgehead atoms. The van der Waals surface area contributed by atoms with Crippen molar-refractivity contribution in [1.82, 2.24) is 0 Å². The van der Waals surface area contributed by atoms with Gasteiger partial charge in [0.1, 0.15) is 0 Å². The van der Waals surface area contributed by atoms with E-state index < -0.39 is 0 Å². The first-order chi connectivity index (χ1) is 12.3. The Balaban J connectivity index is 0.000000601.